The van der Waals surface area contributed by atoms with E-state index in [-0.39, 0.29) is 0 Å². The van der Waals surface area contributed by atoms with Crippen molar-refractivity contribution < 1.29 is 10.2 Å². The SMILES string of the molecule is CCCC(O)(c1ccccc1)C(O)(CCC)c1ccccc1. The Morgan fingerprint density at radius 1 is 0.636 bits per heavy atom. The van der Waals surface area contributed by atoms with Crippen molar-refractivity contribution in [2.45, 2.75) is 50.7 Å². The molecule has 0 spiro atoms. The Kier molecular flexibility index (Phi) is 5.38. The van der Waals surface area contributed by atoms with Gasteiger partial charge in [0.1, 0.15) is 11.2 Å². The van der Waals surface area contributed by atoms with Crippen LogP contribution in [0.25, 0.3) is 0 Å². The average molecular weight is 298 g/mol. The number of hydrogen-bond donors (Lipinski definition) is 2. The second-order valence-electron chi connectivity index (χ2n) is 5.95. The molecule has 0 radical (unpaired) electrons. The van der Waals surface area contributed by atoms with Crippen LogP contribution in [-0.2, 0) is 11.2 Å². The van der Waals surface area contributed by atoms with Gasteiger partial charge in [-0.25, -0.2) is 0 Å². The summed E-state index contributed by atoms with van der Waals surface area (Å²) in [5, 5.41) is 23.1. The van der Waals surface area contributed by atoms with Crippen LogP contribution in [0.3, 0.4) is 0 Å². The second kappa shape index (κ2) is 7.08. The lowest BCUT2D eigenvalue weighted by Gasteiger charge is -2.44. The van der Waals surface area contributed by atoms with Gasteiger partial charge in [-0.3, -0.25) is 0 Å². The molecule has 2 N–H and O–H groups in total. The molecule has 2 atom stereocenters. The van der Waals surface area contributed by atoms with Crippen LogP contribution in [0.5, 0.6) is 0 Å². The Labute approximate surface area is 133 Å². The molecule has 2 unspecified atom stereocenters. The van der Waals surface area contributed by atoms with Gasteiger partial charge in [-0.15, -0.1) is 0 Å². The quantitative estimate of drug-likeness (QED) is 0.797. The van der Waals surface area contributed by atoms with Gasteiger partial charge in [0.15, 0.2) is 0 Å². The van der Waals surface area contributed by atoms with E-state index in [4.69, 9.17) is 0 Å². The minimum absolute atomic E-state index is 0.516. The zero-order valence-electron chi connectivity index (χ0n) is 13.5. The highest BCUT2D eigenvalue weighted by atomic mass is 16.4. The highest BCUT2D eigenvalue weighted by Crippen LogP contribution is 2.46. The highest BCUT2D eigenvalue weighted by Gasteiger charge is 2.50. The molecule has 0 bridgehead atoms. The lowest BCUT2D eigenvalue weighted by Crippen LogP contribution is -2.49. The van der Waals surface area contributed by atoms with E-state index < -0.39 is 11.2 Å². The summed E-state index contributed by atoms with van der Waals surface area (Å²) in [6, 6.07) is 19.1. The molecule has 0 amide bonds. The van der Waals surface area contributed by atoms with Crippen molar-refractivity contribution in [3.8, 4) is 0 Å². The Balaban J connectivity index is 2.60. The molecule has 118 valence electrons. The van der Waals surface area contributed by atoms with Crippen LogP contribution >= 0.6 is 0 Å². The first kappa shape index (κ1) is 16.7. The molecule has 0 fully saturated rings. The van der Waals surface area contributed by atoms with E-state index in [1.807, 2.05) is 74.5 Å². The summed E-state index contributed by atoms with van der Waals surface area (Å²) in [7, 11) is 0. The summed E-state index contributed by atoms with van der Waals surface area (Å²) in [5.74, 6) is 0. The Bertz CT molecular complexity index is 513. The Morgan fingerprint density at radius 3 is 1.23 bits per heavy atom. The van der Waals surface area contributed by atoms with Crippen molar-refractivity contribution >= 4 is 0 Å². The summed E-state index contributed by atoms with van der Waals surface area (Å²) < 4.78 is 0. The van der Waals surface area contributed by atoms with Gasteiger partial charge in [0.05, 0.1) is 0 Å². The van der Waals surface area contributed by atoms with Crippen LogP contribution in [0.2, 0.25) is 0 Å². The molecule has 0 saturated heterocycles. The zero-order valence-corrected chi connectivity index (χ0v) is 13.5. The Morgan fingerprint density at radius 2 is 0.955 bits per heavy atom. The van der Waals surface area contributed by atoms with Gasteiger partial charge in [-0.1, -0.05) is 87.4 Å². The largest absolute Gasteiger partial charge is 0.382 e. The van der Waals surface area contributed by atoms with Crippen LogP contribution < -0.4 is 0 Å². The van der Waals surface area contributed by atoms with Crippen molar-refractivity contribution in [2.24, 2.45) is 0 Å². The predicted molar refractivity (Wildman–Crippen MR) is 90.5 cm³/mol. The fourth-order valence-corrected chi connectivity index (χ4v) is 3.33. The van der Waals surface area contributed by atoms with Crippen molar-refractivity contribution in [3.05, 3.63) is 71.8 Å². The summed E-state index contributed by atoms with van der Waals surface area (Å²) in [6.45, 7) is 4.07. The smallest absolute Gasteiger partial charge is 0.122 e. The van der Waals surface area contributed by atoms with E-state index in [2.05, 4.69) is 0 Å². The van der Waals surface area contributed by atoms with Gasteiger partial charge in [0.2, 0.25) is 0 Å². The first-order chi connectivity index (χ1) is 10.6. The molecule has 0 saturated carbocycles. The number of hydrogen-bond acceptors (Lipinski definition) is 2. The molecule has 0 heterocycles. The molecule has 22 heavy (non-hydrogen) atoms. The topological polar surface area (TPSA) is 40.5 Å². The van der Waals surface area contributed by atoms with Gasteiger partial charge < -0.3 is 10.2 Å². The third-order valence-corrected chi connectivity index (χ3v) is 4.41. The van der Waals surface area contributed by atoms with Gasteiger partial charge in [0.25, 0.3) is 0 Å². The minimum Gasteiger partial charge on any atom is -0.382 e. The molecule has 0 aliphatic heterocycles. The van der Waals surface area contributed by atoms with Gasteiger partial charge >= 0.3 is 0 Å². The van der Waals surface area contributed by atoms with Crippen molar-refractivity contribution in [1.29, 1.82) is 0 Å². The average Bonchev–Trinajstić information content (AvgIpc) is 2.56. The molecule has 2 aromatic rings. The van der Waals surface area contributed by atoms with E-state index in [0.29, 0.717) is 12.8 Å². The maximum Gasteiger partial charge on any atom is 0.122 e. The van der Waals surface area contributed by atoms with Crippen LogP contribution in [0.1, 0.15) is 50.7 Å². The molecule has 0 aliphatic rings. The van der Waals surface area contributed by atoms with Crippen LogP contribution in [-0.4, -0.2) is 10.2 Å². The van der Waals surface area contributed by atoms with E-state index >= 15 is 0 Å². The molecule has 0 aliphatic carbocycles. The van der Waals surface area contributed by atoms with E-state index in [1.165, 1.54) is 0 Å². The lowest BCUT2D eigenvalue weighted by atomic mass is 9.69. The lowest BCUT2D eigenvalue weighted by molar-refractivity contribution is -0.174. The monoisotopic (exact) mass is 298 g/mol. The van der Waals surface area contributed by atoms with Gasteiger partial charge in [-0.2, -0.15) is 0 Å². The maximum absolute atomic E-state index is 11.5. The molecular formula is C20H26O2. The number of benzene rings is 2. The molecular weight excluding hydrogens is 272 g/mol. The fraction of sp³-hybridized carbons (Fsp3) is 0.400. The standard InChI is InChI=1S/C20H26O2/c1-3-15-19(21,17-11-7-5-8-12-17)20(22,16-4-2)18-13-9-6-10-14-18/h5-14,21-22H,3-4,15-16H2,1-2H3. The maximum atomic E-state index is 11.5. The minimum atomic E-state index is -1.29. The molecule has 2 nitrogen and oxygen atoms in total. The first-order valence-electron chi connectivity index (χ1n) is 8.14. The van der Waals surface area contributed by atoms with Crippen LogP contribution in [0, 0.1) is 0 Å². The van der Waals surface area contributed by atoms with Gasteiger partial charge in [-0.05, 0) is 24.0 Å². The predicted octanol–water partition coefficient (Wildman–Crippen LogP) is 4.36. The summed E-state index contributed by atoms with van der Waals surface area (Å²) in [6.07, 6.45) is 2.62. The highest BCUT2D eigenvalue weighted by molar-refractivity contribution is 5.34. The van der Waals surface area contributed by atoms with Gasteiger partial charge in [0, 0.05) is 0 Å². The normalized spacial score (nSPS) is 16.7. The molecule has 2 aromatic carbocycles. The molecule has 2 heteroatoms. The third kappa shape index (κ3) is 2.94. The first-order valence-corrected chi connectivity index (χ1v) is 8.14. The summed E-state index contributed by atoms with van der Waals surface area (Å²) >= 11 is 0. The van der Waals surface area contributed by atoms with Crippen molar-refractivity contribution in [1.82, 2.24) is 0 Å². The van der Waals surface area contributed by atoms with Crippen LogP contribution in [0.15, 0.2) is 60.7 Å². The van der Waals surface area contributed by atoms with E-state index in [1.54, 1.807) is 0 Å². The summed E-state index contributed by atoms with van der Waals surface area (Å²) in [5.41, 5.74) is -1.03. The fourth-order valence-electron chi connectivity index (χ4n) is 3.33. The van der Waals surface area contributed by atoms with E-state index in [0.717, 1.165) is 24.0 Å². The van der Waals surface area contributed by atoms with E-state index in [9.17, 15) is 10.2 Å². The zero-order chi connectivity index (χ0) is 16.1. The summed E-state index contributed by atoms with van der Waals surface area (Å²) in [4.78, 5) is 0. The number of aliphatic hydroxyl groups is 2. The third-order valence-electron chi connectivity index (χ3n) is 4.41. The molecule has 2 rings (SSSR count). The van der Waals surface area contributed by atoms with Crippen molar-refractivity contribution in [2.75, 3.05) is 0 Å². The van der Waals surface area contributed by atoms with Crippen LogP contribution in [0.4, 0.5) is 0 Å². The van der Waals surface area contributed by atoms with Crippen molar-refractivity contribution in [3.63, 3.8) is 0 Å². The molecule has 0 aromatic heterocycles. The number of rotatable bonds is 7. The second-order valence-corrected chi connectivity index (χ2v) is 5.95. The Hall–Kier alpha value is -1.64.